The van der Waals surface area contributed by atoms with Crippen LogP contribution in [0, 0.1) is 0 Å². The first-order chi connectivity index (χ1) is 19.1. The van der Waals surface area contributed by atoms with Gasteiger partial charge in [0.1, 0.15) is 58.2 Å². The molecule has 4 aromatic carbocycles. The van der Waals surface area contributed by atoms with Crippen LogP contribution in [-0.2, 0) is 6.42 Å². The van der Waals surface area contributed by atoms with Crippen molar-refractivity contribution >= 4 is 0 Å². The summed E-state index contributed by atoms with van der Waals surface area (Å²) in [4.78, 5) is 0. The Bertz CT molecular complexity index is 1580. The van der Waals surface area contributed by atoms with E-state index in [4.69, 9.17) is 9.47 Å². The smallest absolute Gasteiger partial charge is 0.150 e. The normalized spacial score (nSPS) is 23.4. The van der Waals surface area contributed by atoms with E-state index >= 15 is 0 Å². The molecule has 8 N–H and O–H groups in total. The summed E-state index contributed by atoms with van der Waals surface area (Å²) >= 11 is 0. The van der Waals surface area contributed by atoms with Crippen molar-refractivity contribution in [1.82, 2.24) is 0 Å². The first-order valence-corrected chi connectivity index (χ1v) is 12.5. The Kier molecular flexibility index (Phi) is 6.01. The Labute approximate surface area is 227 Å². The highest BCUT2D eigenvalue weighted by molar-refractivity contribution is 5.65. The molecule has 6 rings (SSSR count). The number of benzene rings is 4. The molecule has 0 fully saturated rings. The third kappa shape index (κ3) is 4.14. The molecular formula is C30H26O10. The predicted octanol–water partition coefficient (Wildman–Crippen LogP) is 3.58. The van der Waals surface area contributed by atoms with Gasteiger partial charge in [0.15, 0.2) is 6.10 Å². The van der Waals surface area contributed by atoms with Crippen LogP contribution in [-0.4, -0.2) is 53.1 Å². The summed E-state index contributed by atoms with van der Waals surface area (Å²) in [5.74, 6) is -2.59. The second-order valence-corrected chi connectivity index (χ2v) is 10.0. The van der Waals surface area contributed by atoms with Crippen molar-refractivity contribution in [3.05, 3.63) is 94.5 Å². The first-order valence-electron chi connectivity index (χ1n) is 12.5. The van der Waals surface area contributed by atoms with Crippen LogP contribution >= 0.6 is 0 Å². The van der Waals surface area contributed by atoms with Crippen molar-refractivity contribution in [2.75, 3.05) is 0 Å². The third-order valence-corrected chi connectivity index (χ3v) is 7.46. The molecule has 2 aliphatic heterocycles. The summed E-state index contributed by atoms with van der Waals surface area (Å²) in [6, 6.07) is 15.4. The number of fused-ring (bicyclic) bond motifs is 2. The summed E-state index contributed by atoms with van der Waals surface area (Å²) in [6.45, 7) is 0. The van der Waals surface area contributed by atoms with Gasteiger partial charge in [0.2, 0.25) is 0 Å². The van der Waals surface area contributed by atoms with E-state index in [0.717, 1.165) is 12.1 Å². The Balaban J connectivity index is 1.55. The second kappa shape index (κ2) is 9.44. The van der Waals surface area contributed by atoms with Gasteiger partial charge in [-0.2, -0.15) is 0 Å². The van der Waals surface area contributed by atoms with E-state index in [1.54, 1.807) is 24.3 Å². The largest absolute Gasteiger partial charge is 0.508 e. The highest BCUT2D eigenvalue weighted by Crippen LogP contribution is 2.57. The van der Waals surface area contributed by atoms with Crippen LogP contribution in [0.4, 0.5) is 0 Å². The molecule has 0 spiro atoms. The van der Waals surface area contributed by atoms with Crippen LogP contribution < -0.4 is 9.47 Å². The maximum Gasteiger partial charge on any atom is 0.150 e. The van der Waals surface area contributed by atoms with Crippen LogP contribution in [0.1, 0.15) is 45.9 Å². The van der Waals surface area contributed by atoms with E-state index in [9.17, 15) is 40.9 Å². The number of aliphatic hydroxyl groups excluding tert-OH is 2. The van der Waals surface area contributed by atoms with Crippen molar-refractivity contribution in [2.45, 2.75) is 36.8 Å². The van der Waals surface area contributed by atoms with Crippen LogP contribution in [0.25, 0.3) is 0 Å². The minimum absolute atomic E-state index is 0.00114. The number of ether oxygens (including phenoxy) is 2. The van der Waals surface area contributed by atoms with E-state index in [1.165, 1.54) is 30.3 Å². The fourth-order valence-electron chi connectivity index (χ4n) is 5.60. The quantitative estimate of drug-likeness (QED) is 0.189. The number of phenols is 6. The monoisotopic (exact) mass is 546 g/mol. The fraction of sp³-hybridized carbons (Fsp3) is 0.200. The summed E-state index contributed by atoms with van der Waals surface area (Å²) in [7, 11) is 0. The van der Waals surface area contributed by atoms with Crippen molar-refractivity contribution in [3.8, 4) is 46.0 Å². The third-order valence-electron chi connectivity index (χ3n) is 7.46. The highest BCUT2D eigenvalue weighted by Gasteiger charge is 2.46. The van der Waals surface area contributed by atoms with Gasteiger partial charge in [-0.3, -0.25) is 0 Å². The number of hydrogen-bond donors (Lipinski definition) is 8. The lowest BCUT2D eigenvalue weighted by Crippen LogP contribution is -2.36. The molecule has 0 aromatic heterocycles. The fourth-order valence-corrected chi connectivity index (χ4v) is 5.60. The van der Waals surface area contributed by atoms with E-state index in [0.29, 0.717) is 11.1 Å². The summed E-state index contributed by atoms with van der Waals surface area (Å²) in [6.07, 6.45) is -4.61. The van der Waals surface area contributed by atoms with Crippen LogP contribution in [0.5, 0.6) is 46.0 Å². The molecule has 0 bridgehead atoms. The predicted molar refractivity (Wildman–Crippen MR) is 140 cm³/mol. The first kappa shape index (κ1) is 25.5. The summed E-state index contributed by atoms with van der Waals surface area (Å²) in [5, 5.41) is 85.1. The second-order valence-electron chi connectivity index (χ2n) is 10.0. The van der Waals surface area contributed by atoms with Gasteiger partial charge in [-0.25, -0.2) is 0 Å². The van der Waals surface area contributed by atoms with Gasteiger partial charge in [-0.1, -0.05) is 24.3 Å². The van der Waals surface area contributed by atoms with Gasteiger partial charge < -0.3 is 50.3 Å². The minimum Gasteiger partial charge on any atom is -0.508 e. The van der Waals surface area contributed by atoms with Gasteiger partial charge in [-0.05, 0) is 35.4 Å². The Hall–Kier alpha value is -4.80. The lowest BCUT2D eigenvalue weighted by atomic mass is 9.77. The Morgan fingerprint density at radius 1 is 0.575 bits per heavy atom. The van der Waals surface area contributed by atoms with E-state index < -0.39 is 41.8 Å². The van der Waals surface area contributed by atoms with Crippen molar-refractivity contribution in [2.24, 2.45) is 0 Å². The number of aromatic hydroxyl groups is 6. The number of aliphatic hydroxyl groups is 2. The van der Waals surface area contributed by atoms with E-state index in [2.05, 4.69) is 0 Å². The van der Waals surface area contributed by atoms with Crippen LogP contribution in [0.15, 0.2) is 66.7 Å². The molecule has 10 heteroatoms. The molecule has 4 aromatic rings. The van der Waals surface area contributed by atoms with Gasteiger partial charge >= 0.3 is 0 Å². The molecule has 2 aliphatic rings. The lowest BCUT2D eigenvalue weighted by molar-refractivity contribution is 0.00124. The molecule has 0 aliphatic carbocycles. The van der Waals surface area contributed by atoms with Crippen molar-refractivity contribution in [3.63, 3.8) is 0 Å². The minimum atomic E-state index is -1.44. The molecule has 1 unspecified atom stereocenters. The highest BCUT2D eigenvalue weighted by atomic mass is 16.5. The number of phenolic OH excluding ortho intramolecular Hbond substituents is 6. The molecule has 0 radical (unpaired) electrons. The number of hydrogen-bond acceptors (Lipinski definition) is 10. The molecule has 2 heterocycles. The molecule has 40 heavy (non-hydrogen) atoms. The van der Waals surface area contributed by atoms with Crippen molar-refractivity contribution in [1.29, 1.82) is 0 Å². The van der Waals surface area contributed by atoms with Crippen molar-refractivity contribution < 1.29 is 50.3 Å². The molecule has 10 nitrogen and oxygen atoms in total. The van der Waals surface area contributed by atoms with E-state index in [-0.39, 0.29) is 57.6 Å². The van der Waals surface area contributed by atoms with Gasteiger partial charge in [0, 0.05) is 41.3 Å². The average molecular weight is 547 g/mol. The molecule has 0 saturated heterocycles. The standard InChI is InChI=1S/C30H26O10/c31-15-5-1-13(2-6-15)28-22(37)11-18-19(34)12-21(36)25(30(18)40-28)26-24-20(35)9-17(33)10-23(24)39-29(27(26)38)14-3-7-16(32)8-4-14/h1-10,12,22,26-29,31-38H,11H2/t22-,26-,27-,28?,29+/m0/s1. The van der Waals surface area contributed by atoms with Gasteiger partial charge in [0.25, 0.3) is 0 Å². The molecular weight excluding hydrogens is 520 g/mol. The Morgan fingerprint density at radius 2 is 1.15 bits per heavy atom. The van der Waals surface area contributed by atoms with Gasteiger partial charge in [-0.15, -0.1) is 0 Å². The zero-order chi connectivity index (χ0) is 28.3. The zero-order valence-electron chi connectivity index (χ0n) is 20.8. The molecule has 0 amide bonds. The topological polar surface area (TPSA) is 180 Å². The molecule has 5 atom stereocenters. The zero-order valence-corrected chi connectivity index (χ0v) is 20.8. The van der Waals surface area contributed by atoms with Crippen LogP contribution in [0.3, 0.4) is 0 Å². The Morgan fingerprint density at radius 3 is 1.77 bits per heavy atom. The van der Waals surface area contributed by atoms with Crippen LogP contribution in [0.2, 0.25) is 0 Å². The summed E-state index contributed by atoms with van der Waals surface area (Å²) in [5.41, 5.74) is 1.28. The number of rotatable bonds is 3. The maximum atomic E-state index is 11.7. The maximum absolute atomic E-state index is 11.7. The lowest BCUT2D eigenvalue weighted by Gasteiger charge is -2.40. The molecule has 206 valence electrons. The average Bonchev–Trinajstić information content (AvgIpc) is 2.91. The molecule has 0 saturated carbocycles. The SMILES string of the molecule is Oc1ccc(C2Oc3c(c(O)cc(O)c3[C@@H]3c4c(O)cc(O)cc4O[C@H](c4ccc(O)cc4)[C@H]3O)C[C@@H]2O)cc1. The summed E-state index contributed by atoms with van der Waals surface area (Å²) < 4.78 is 12.3. The van der Waals surface area contributed by atoms with E-state index in [1.807, 2.05) is 0 Å². The van der Waals surface area contributed by atoms with Gasteiger partial charge in [0.05, 0.1) is 12.0 Å².